The van der Waals surface area contributed by atoms with Crippen molar-refractivity contribution >= 4 is 23.6 Å². The minimum atomic E-state index is -0.710. The summed E-state index contributed by atoms with van der Waals surface area (Å²) in [5, 5.41) is 11.4. The molecule has 9 nitrogen and oxygen atoms in total. The van der Waals surface area contributed by atoms with Crippen LogP contribution >= 0.6 is 0 Å². The first-order valence-corrected chi connectivity index (χ1v) is 9.22. The highest BCUT2D eigenvalue weighted by Crippen LogP contribution is 2.32. The normalized spacial score (nSPS) is 18.3. The Kier molecular flexibility index (Phi) is 5.03. The van der Waals surface area contributed by atoms with Crippen LogP contribution in [0.1, 0.15) is 10.4 Å². The van der Waals surface area contributed by atoms with Crippen LogP contribution in [0.25, 0.3) is 0 Å². The number of benzene rings is 2. The fourth-order valence-electron chi connectivity index (χ4n) is 3.54. The Morgan fingerprint density at radius 3 is 2.52 bits per heavy atom. The van der Waals surface area contributed by atoms with E-state index in [2.05, 4.69) is 0 Å². The van der Waals surface area contributed by atoms with Crippen molar-refractivity contribution in [3.63, 3.8) is 0 Å². The number of para-hydroxylation sites is 2. The van der Waals surface area contributed by atoms with Crippen molar-refractivity contribution in [1.82, 2.24) is 4.90 Å². The molecule has 2 aromatic rings. The van der Waals surface area contributed by atoms with E-state index in [0.29, 0.717) is 49.7 Å². The van der Waals surface area contributed by atoms with E-state index in [1.54, 1.807) is 29.2 Å². The number of rotatable bonds is 4. The average molecular weight is 397 g/mol. The molecule has 0 bridgehead atoms. The van der Waals surface area contributed by atoms with Crippen LogP contribution in [0.5, 0.6) is 11.5 Å². The number of carbonyl (C=O) groups excluding carboxylic acids is 2. The molecule has 9 heteroatoms. The van der Waals surface area contributed by atoms with Gasteiger partial charge >= 0.3 is 0 Å². The first kappa shape index (κ1) is 18.7. The number of piperazine rings is 1. The van der Waals surface area contributed by atoms with E-state index in [9.17, 15) is 19.7 Å². The molecule has 4 rings (SSSR count). The van der Waals surface area contributed by atoms with Gasteiger partial charge in [0, 0.05) is 37.8 Å². The number of aldehydes is 1. The van der Waals surface area contributed by atoms with Crippen LogP contribution in [0.2, 0.25) is 0 Å². The molecule has 1 atom stereocenters. The topological polar surface area (TPSA) is 102 Å². The summed E-state index contributed by atoms with van der Waals surface area (Å²) in [4.78, 5) is 38.2. The van der Waals surface area contributed by atoms with E-state index in [1.807, 2.05) is 17.0 Å². The number of fused-ring (bicyclic) bond motifs is 1. The second kappa shape index (κ2) is 7.78. The Morgan fingerprint density at radius 1 is 1.10 bits per heavy atom. The first-order chi connectivity index (χ1) is 14.1. The largest absolute Gasteiger partial charge is 0.485 e. The summed E-state index contributed by atoms with van der Waals surface area (Å²) in [5.41, 5.74) is 0.581. The molecule has 2 heterocycles. The fourth-order valence-corrected chi connectivity index (χ4v) is 3.54. The molecule has 2 aliphatic heterocycles. The van der Waals surface area contributed by atoms with E-state index < -0.39 is 11.0 Å². The zero-order chi connectivity index (χ0) is 20.4. The van der Waals surface area contributed by atoms with Gasteiger partial charge in [0.1, 0.15) is 18.6 Å². The lowest BCUT2D eigenvalue weighted by Crippen LogP contribution is -2.54. The summed E-state index contributed by atoms with van der Waals surface area (Å²) in [6.07, 6.45) is -0.129. The third-order valence-electron chi connectivity index (χ3n) is 5.05. The lowest BCUT2D eigenvalue weighted by Gasteiger charge is -2.37. The van der Waals surface area contributed by atoms with Gasteiger partial charge in [-0.15, -0.1) is 0 Å². The molecule has 0 aliphatic carbocycles. The SMILES string of the molecule is O=Cc1ccc(N2CCN(C(=O)[C@@H]3COc4ccccc4O3)CC2)c([N+](=O)[O-])c1. The summed E-state index contributed by atoms with van der Waals surface area (Å²) < 4.78 is 11.4. The molecular weight excluding hydrogens is 378 g/mol. The van der Waals surface area contributed by atoms with Crippen LogP contribution in [-0.4, -0.2) is 60.9 Å². The van der Waals surface area contributed by atoms with Crippen LogP contribution in [0, 0.1) is 10.1 Å². The second-order valence-electron chi connectivity index (χ2n) is 6.80. The van der Waals surface area contributed by atoms with Crippen LogP contribution < -0.4 is 14.4 Å². The second-order valence-corrected chi connectivity index (χ2v) is 6.80. The van der Waals surface area contributed by atoms with Crippen molar-refractivity contribution in [3.05, 3.63) is 58.1 Å². The molecule has 29 heavy (non-hydrogen) atoms. The van der Waals surface area contributed by atoms with Crippen LogP contribution in [-0.2, 0) is 4.79 Å². The molecule has 2 aromatic carbocycles. The molecule has 0 spiro atoms. The number of hydrogen-bond donors (Lipinski definition) is 0. The van der Waals surface area contributed by atoms with E-state index in [-0.39, 0.29) is 23.8 Å². The van der Waals surface area contributed by atoms with Gasteiger partial charge in [-0.25, -0.2) is 0 Å². The number of nitro groups is 1. The maximum atomic E-state index is 12.8. The summed E-state index contributed by atoms with van der Waals surface area (Å²) in [7, 11) is 0. The van der Waals surface area contributed by atoms with Gasteiger partial charge in [-0.1, -0.05) is 12.1 Å². The number of carbonyl (C=O) groups is 2. The van der Waals surface area contributed by atoms with Crippen molar-refractivity contribution in [3.8, 4) is 11.5 Å². The number of anilines is 1. The summed E-state index contributed by atoms with van der Waals surface area (Å²) in [6.45, 7) is 1.85. The highest BCUT2D eigenvalue weighted by Gasteiger charge is 2.33. The monoisotopic (exact) mass is 397 g/mol. The summed E-state index contributed by atoms with van der Waals surface area (Å²) in [5.74, 6) is 0.999. The van der Waals surface area contributed by atoms with Crippen molar-refractivity contribution in [2.75, 3.05) is 37.7 Å². The molecule has 0 aromatic heterocycles. The van der Waals surface area contributed by atoms with Gasteiger partial charge in [-0.3, -0.25) is 19.7 Å². The predicted octanol–water partition coefficient (Wildman–Crippen LogP) is 1.90. The van der Waals surface area contributed by atoms with Gasteiger partial charge in [0.05, 0.1) is 4.92 Å². The lowest BCUT2D eigenvalue weighted by atomic mass is 10.1. The third kappa shape index (κ3) is 3.71. The molecule has 0 unspecified atom stereocenters. The predicted molar refractivity (Wildman–Crippen MR) is 104 cm³/mol. The van der Waals surface area contributed by atoms with Crippen molar-refractivity contribution in [2.45, 2.75) is 6.10 Å². The minimum Gasteiger partial charge on any atom is -0.485 e. The number of amides is 1. The molecule has 0 radical (unpaired) electrons. The van der Waals surface area contributed by atoms with Crippen LogP contribution in [0.15, 0.2) is 42.5 Å². The standard InChI is InChI=1S/C20H19N3O6/c24-12-14-5-6-15(16(11-14)23(26)27)21-7-9-22(10-8-21)20(25)19-13-28-17-3-1-2-4-18(17)29-19/h1-6,11-12,19H,7-10,13H2/t19-/m0/s1. The summed E-state index contributed by atoms with van der Waals surface area (Å²) >= 11 is 0. The minimum absolute atomic E-state index is 0.116. The van der Waals surface area contributed by atoms with Gasteiger partial charge in [0.25, 0.3) is 11.6 Å². The molecule has 1 saturated heterocycles. The Bertz CT molecular complexity index is 955. The van der Waals surface area contributed by atoms with E-state index in [0.717, 1.165) is 0 Å². The Labute approximate surface area is 166 Å². The smallest absolute Gasteiger partial charge is 0.293 e. The highest BCUT2D eigenvalue weighted by atomic mass is 16.6. The molecule has 2 aliphatic rings. The van der Waals surface area contributed by atoms with Crippen LogP contribution in [0.3, 0.4) is 0 Å². The molecular formula is C20H19N3O6. The van der Waals surface area contributed by atoms with Crippen molar-refractivity contribution in [1.29, 1.82) is 0 Å². The van der Waals surface area contributed by atoms with Gasteiger partial charge in [-0.05, 0) is 24.3 Å². The Hall–Kier alpha value is -3.62. The molecule has 1 fully saturated rings. The quantitative estimate of drug-likeness (QED) is 0.441. The third-order valence-corrected chi connectivity index (χ3v) is 5.05. The number of nitro benzene ring substituents is 1. The van der Waals surface area contributed by atoms with Gasteiger partial charge in [0.2, 0.25) is 6.10 Å². The Morgan fingerprint density at radius 2 is 1.83 bits per heavy atom. The van der Waals surface area contributed by atoms with E-state index >= 15 is 0 Å². The zero-order valence-corrected chi connectivity index (χ0v) is 15.5. The first-order valence-electron chi connectivity index (χ1n) is 9.22. The molecule has 0 saturated carbocycles. The maximum absolute atomic E-state index is 12.8. The number of nitrogens with zero attached hydrogens (tertiary/aromatic N) is 3. The average Bonchev–Trinajstić information content (AvgIpc) is 2.78. The Balaban J connectivity index is 1.42. The van der Waals surface area contributed by atoms with E-state index in [4.69, 9.17) is 9.47 Å². The van der Waals surface area contributed by atoms with Crippen LogP contribution in [0.4, 0.5) is 11.4 Å². The molecule has 150 valence electrons. The maximum Gasteiger partial charge on any atom is 0.293 e. The lowest BCUT2D eigenvalue weighted by molar-refractivity contribution is -0.384. The molecule has 1 amide bonds. The van der Waals surface area contributed by atoms with Crippen molar-refractivity contribution in [2.24, 2.45) is 0 Å². The molecule has 0 N–H and O–H groups in total. The summed E-state index contributed by atoms with van der Waals surface area (Å²) in [6, 6.07) is 11.6. The fraction of sp³-hybridized carbons (Fsp3) is 0.300. The van der Waals surface area contributed by atoms with Gasteiger partial charge < -0.3 is 19.3 Å². The highest BCUT2D eigenvalue weighted by molar-refractivity contribution is 5.83. The van der Waals surface area contributed by atoms with Crippen molar-refractivity contribution < 1.29 is 24.0 Å². The van der Waals surface area contributed by atoms with Gasteiger partial charge in [0.15, 0.2) is 11.5 Å². The zero-order valence-electron chi connectivity index (χ0n) is 15.5. The van der Waals surface area contributed by atoms with E-state index in [1.165, 1.54) is 6.07 Å². The van der Waals surface area contributed by atoms with Gasteiger partial charge in [-0.2, -0.15) is 0 Å². The number of hydrogen-bond acceptors (Lipinski definition) is 7. The number of ether oxygens (including phenoxy) is 2.